The number of rotatable bonds is 4. The van der Waals surface area contributed by atoms with Gasteiger partial charge in [0.25, 0.3) is 0 Å². The van der Waals surface area contributed by atoms with Crippen LogP contribution in [-0.2, 0) is 9.53 Å². The quantitative estimate of drug-likeness (QED) is 0.463. The second-order valence-electron chi connectivity index (χ2n) is 1.78. The standard InChI is InChI=1S/C5H11NO.C2H6O/c1-2-3-6-4-5-7;1-3-2/h5-6H,2-4H2,1H3;1-2H3. The molecule has 0 saturated carbocycles. The molecule has 1 N–H and O–H groups in total. The highest BCUT2D eigenvalue weighted by Crippen LogP contribution is 1.65. The van der Waals surface area contributed by atoms with E-state index in [2.05, 4.69) is 17.0 Å². The van der Waals surface area contributed by atoms with Crippen LogP contribution in [0.4, 0.5) is 0 Å². The largest absolute Gasteiger partial charge is 0.388 e. The van der Waals surface area contributed by atoms with Gasteiger partial charge in [-0.3, -0.25) is 0 Å². The summed E-state index contributed by atoms with van der Waals surface area (Å²) in [5.74, 6) is 0. The fraction of sp³-hybridized carbons (Fsp3) is 0.857. The Kier molecular flexibility index (Phi) is 19.5. The maximum absolute atomic E-state index is 9.62. The molecule has 0 bridgehead atoms. The summed E-state index contributed by atoms with van der Waals surface area (Å²) in [7, 11) is 3.25. The average molecular weight is 147 g/mol. The minimum absolute atomic E-state index is 0.494. The van der Waals surface area contributed by atoms with Gasteiger partial charge in [-0.25, -0.2) is 0 Å². The minimum atomic E-state index is 0.494. The first-order valence-corrected chi connectivity index (χ1v) is 3.37. The van der Waals surface area contributed by atoms with Crippen LogP contribution in [0.25, 0.3) is 0 Å². The van der Waals surface area contributed by atoms with Gasteiger partial charge in [-0.15, -0.1) is 0 Å². The summed E-state index contributed by atoms with van der Waals surface area (Å²) in [6.45, 7) is 3.50. The molecular formula is C7H17NO2. The number of carbonyl (C=O) groups is 1. The molecule has 0 aromatic carbocycles. The Morgan fingerprint density at radius 2 is 2.00 bits per heavy atom. The van der Waals surface area contributed by atoms with Crippen LogP contribution < -0.4 is 5.32 Å². The average Bonchev–Trinajstić information content (AvgIpc) is 1.91. The third-order valence-corrected chi connectivity index (χ3v) is 0.654. The molecule has 0 spiro atoms. The fourth-order valence-corrected chi connectivity index (χ4v) is 0.338. The van der Waals surface area contributed by atoms with Crippen molar-refractivity contribution in [2.75, 3.05) is 27.3 Å². The van der Waals surface area contributed by atoms with Gasteiger partial charge >= 0.3 is 0 Å². The summed E-state index contributed by atoms with van der Waals surface area (Å²) in [4.78, 5) is 9.62. The molecule has 0 aliphatic heterocycles. The molecule has 3 heteroatoms. The molecule has 10 heavy (non-hydrogen) atoms. The van der Waals surface area contributed by atoms with Crippen LogP contribution in [0.3, 0.4) is 0 Å². The van der Waals surface area contributed by atoms with Crippen molar-refractivity contribution >= 4 is 6.29 Å². The number of hydrogen-bond acceptors (Lipinski definition) is 3. The van der Waals surface area contributed by atoms with E-state index in [1.165, 1.54) is 0 Å². The van der Waals surface area contributed by atoms with Crippen LogP contribution in [0.2, 0.25) is 0 Å². The van der Waals surface area contributed by atoms with Gasteiger partial charge in [-0.1, -0.05) is 6.92 Å². The van der Waals surface area contributed by atoms with Crippen molar-refractivity contribution in [3.63, 3.8) is 0 Å². The van der Waals surface area contributed by atoms with Crippen molar-refractivity contribution in [3.05, 3.63) is 0 Å². The molecule has 62 valence electrons. The third-order valence-electron chi connectivity index (χ3n) is 0.654. The van der Waals surface area contributed by atoms with E-state index in [0.29, 0.717) is 6.54 Å². The summed E-state index contributed by atoms with van der Waals surface area (Å²) < 4.78 is 4.25. The zero-order valence-corrected chi connectivity index (χ0v) is 7.02. The van der Waals surface area contributed by atoms with Crippen LogP contribution >= 0.6 is 0 Å². The van der Waals surface area contributed by atoms with E-state index < -0.39 is 0 Å². The predicted molar refractivity (Wildman–Crippen MR) is 42.2 cm³/mol. The van der Waals surface area contributed by atoms with E-state index in [4.69, 9.17) is 0 Å². The molecule has 0 saturated heterocycles. The van der Waals surface area contributed by atoms with Gasteiger partial charge in [0.05, 0.1) is 6.54 Å². The summed E-state index contributed by atoms with van der Waals surface area (Å²) >= 11 is 0. The smallest absolute Gasteiger partial charge is 0.133 e. The topological polar surface area (TPSA) is 38.3 Å². The first-order chi connectivity index (χ1) is 4.83. The summed E-state index contributed by atoms with van der Waals surface area (Å²) in [5.41, 5.74) is 0. The van der Waals surface area contributed by atoms with Crippen molar-refractivity contribution < 1.29 is 9.53 Å². The van der Waals surface area contributed by atoms with Crippen molar-refractivity contribution in [1.29, 1.82) is 0 Å². The molecule has 0 aromatic heterocycles. The van der Waals surface area contributed by atoms with Crippen LogP contribution in [0.1, 0.15) is 13.3 Å². The highest BCUT2D eigenvalue weighted by Gasteiger charge is 1.76. The van der Waals surface area contributed by atoms with Gasteiger partial charge in [0.1, 0.15) is 6.29 Å². The molecule has 3 nitrogen and oxygen atoms in total. The zero-order valence-electron chi connectivity index (χ0n) is 7.02. The molecule has 0 unspecified atom stereocenters. The molecular weight excluding hydrogens is 130 g/mol. The molecule has 0 amide bonds. The van der Waals surface area contributed by atoms with E-state index in [9.17, 15) is 4.79 Å². The van der Waals surface area contributed by atoms with Gasteiger partial charge < -0.3 is 14.8 Å². The first kappa shape index (κ1) is 12.3. The predicted octanol–water partition coefficient (Wildman–Crippen LogP) is 0.447. The molecule has 0 heterocycles. The summed E-state index contributed by atoms with van der Waals surface area (Å²) in [6, 6.07) is 0. The Hall–Kier alpha value is -0.410. The molecule has 0 aliphatic rings. The monoisotopic (exact) mass is 147 g/mol. The van der Waals surface area contributed by atoms with E-state index in [-0.39, 0.29) is 0 Å². The number of nitrogens with one attached hydrogen (secondary N) is 1. The number of ether oxygens (including phenoxy) is 1. The minimum Gasteiger partial charge on any atom is -0.388 e. The molecule has 0 fully saturated rings. The van der Waals surface area contributed by atoms with Crippen LogP contribution in [0.5, 0.6) is 0 Å². The highest BCUT2D eigenvalue weighted by molar-refractivity contribution is 5.51. The van der Waals surface area contributed by atoms with Crippen molar-refractivity contribution in [2.45, 2.75) is 13.3 Å². The Morgan fingerprint density at radius 1 is 1.50 bits per heavy atom. The Labute approximate surface area is 62.8 Å². The van der Waals surface area contributed by atoms with E-state index in [0.717, 1.165) is 19.3 Å². The lowest BCUT2D eigenvalue weighted by Gasteiger charge is -1.91. The lowest BCUT2D eigenvalue weighted by atomic mass is 10.5. The number of aldehydes is 1. The molecule has 0 aliphatic carbocycles. The SMILES string of the molecule is CCCNCC=O.COC. The highest BCUT2D eigenvalue weighted by atomic mass is 16.4. The van der Waals surface area contributed by atoms with Crippen LogP contribution in [-0.4, -0.2) is 33.6 Å². The Morgan fingerprint density at radius 3 is 2.30 bits per heavy atom. The summed E-state index contributed by atoms with van der Waals surface area (Å²) in [6.07, 6.45) is 1.96. The lowest BCUT2D eigenvalue weighted by molar-refractivity contribution is -0.107. The Balaban J connectivity index is 0. The van der Waals surface area contributed by atoms with Gasteiger partial charge in [0, 0.05) is 14.2 Å². The van der Waals surface area contributed by atoms with E-state index in [1.54, 1.807) is 14.2 Å². The second kappa shape index (κ2) is 15.8. The second-order valence-corrected chi connectivity index (χ2v) is 1.78. The van der Waals surface area contributed by atoms with E-state index >= 15 is 0 Å². The van der Waals surface area contributed by atoms with E-state index in [1.807, 2.05) is 0 Å². The Bertz CT molecular complexity index is 57.6. The van der Waals surface area contributed by atoms with Crippen molar-refractivity contribution in [2.24, 2.45) is 0 Å². The normalized spacial score (nSPS) is 7.90. The van der Waals surface area contributed by atoms with Gasteiger partial charge in [0.2, 0.25) is 0 Å². The van der Waals surface area contributed by atoms with Crippen molar-refractivity contribution in [1.82, 2.24) is 5.32 Å². The zero-order chi connectivity index (χ0) is 8.24. The lowest BCUT2D eigenvalue weighted by Crippen LogP contribution is -2.16. The number of hydrogen-bond donors (Lipinski definition) is 1. The van der Waals surface area contributed by atoms with Gasteiger partial charge in [-0.2, -0.15) is 0 Å². The van der Waals surface area contributed by atoms with Crippen LogP contribution in [0.15, 0.2) is 0 Å². The van der Waals surface area contributed by atoms with Gasteiger partial charge in [-0.05, 0) is 13.0 Å². The molecule has 0 atom stereocenters. The summed E-state index contributed by atoms with van der Waals surface area (Å²) in [5, 5.41) is 2.92. The maximum atomic E-state index is 9.62. The van der Waals surface area contributed by atoms with Crippen LogP contribution in [0, 0.1) is 0 Å². The molecule has 0 rings (SSSR count). The first-order valence-electron chi connectivity index (χ1n) is 3.37. The molecule has 0 aromatic rings. The van der Waals surface area contributed by atoms with Crippen molar-refractivity contribution in [3.8, 4) is 0 Å². The van der Waals surface area contributed by atoms with Gasteiger partial charge in [0.15, 0.2) is 0 Å². The number of carbonyl (C=O) groups excluding carboxylic acids is 1. The fourth-order valence-electron chi connectivity index (χ4n) is 0.338. The number of methoxy groups -OCH3 is 1. The maximum Gasteiger partial charge on any atom is 0.133 e. The third kappa shape index (κ3) is 25.6. The molecule has 0 radical (unpaired) electrons.